The van der Waals surface area contributed by atoms with Gasteiger partial charge in [-0.15, -0.1) is 0 Å². The van der Waals surface area contributed by atoms with Gasteiger partial charge in [0.2, 0.25) is 0 Å². The van der Waals surface area contributed by atoms with Crippen LogP contribution in [-0.4, -0.2) is 12.1 Å². The molecule has 1 heterocycles. The molecule has 0 spiro atoms. The van der Waals surface area contributed by atoms with Crippen molar-refractivity contribution in [2.75, 3.05) is 11.9 Å². The summed E-state index contributed by atoms with van der Waals surface area (Å²) in [7, 11) is 0. The van der Waals surface area contributed by atoms with Gasteiger partial charge >= 0.3 is 0 Å². The molecule has 0 saturated heterocycles. The molecule has 0 bridgehead atoms. The minimum Gasteiger partial charge on any atom is -0.384 e. The van der Waals surface area contributed by atoms with Crippen LogP contribution in [0, 0.1) is 0 Å². The summed E-state index contributed by atoms with van der Waals surface area (Å²) >= 11 is 1.70. The summed E-state index contributed by atoms with van der Waals surface area (Å²) in [6.45, 7) is 5.03. The second-order valence-corrected chi connectivity index (χ2v) is 4.46. The highest BCUT2D eigenvalue weighted by atomic mass is 32.1. The fourth-order valence-electron chi connectivity index (χ4n) is 0.894. The monoisotopic (exact) mass is 184 g/mol. The predicted molar refractivity (Wildman–Crippen MR) is 55.7 cm³/mol. The zero-order chi connectivity index (χ0) is 9.03. The minimum absolute atomic E-state index is 0.0664. The first-order valence-corrected chi connectivity index (χ1v) is 5.07. The number of hydrogen-bond donors (Lipinski definition) is 2. The van der Waals surface area contributed by atoms with Crippen LogP contribution in [0.1, 0.15) is 20.3 Å². The number of nitrogens with one attached hydrogen (secondary N) is 1. The molecule has 0 aliphatic heterocycles. The summed E-state index contributed by atoms with van der Waals surface area (Å²) in [5, 5.41) is 7.48. The zero-order valence-corrected chi connectivity index (χ0v) is 8.45. The molecule has 68 valence electrons. The maximum absolute atomic E-state index is 5.84. The number of thiophene rings is 1. The van der Waals surface area contributed by atoms with Crippen molar-refractivity contribution in [3.8, 4) is 0 Å². The third kappa shape index (κ3) is 3.74. The van der Waals surface area contributed by atoms with Gasteiger partial charge < -0.3 is 11.1 Å². The Balaban J connectivity index is 2.20. The standard InChI is InChI=1S/C9H16N2S/c1-9(2,10)4-5-11-8-3-6-12-7-8/h3,6-7,11H,4-5,10H2,1-2H3. The van der Waals surface area contributed by atoms with Crippen LogP contribution < -0.4 is 11.1 Å². The highest BCUT2D eigenvalue weighted by Gasteiger charge is 2.08. The Kier molecular flexibility index (Phi) is 3.12. The quantitative estimate of drug-likeness (QED) is 0.753. The predicted octanol–water partition coefficient (Wildman–Crippen LogP) is 2.29. The van der Waals surface area contributed by atoms with Gasteiger partial charge in [-0.1, -0.05) is 0 Å². The molecule has 1 aromatic rings. The molecule has 0 amide bonds. The summed E-state index contributed by atoms with van der Waals surface area (Å²) in [6, 6.07) is 2.08. The fourth-order valence-corrected chi connectivity index (χ4v) is 1.51. The van der Waals surface area contributed by atoms with E-state index in [0.29, 0.717) is 0 Å². The number of rotatable bonds is 4. The molecule has 12 heavy (non-hydrogen) atoms. The minimum atomic E-state index is -0.0664. The fraction of sp³-hybridized carbons (Fsp3) is 0.556. The summed E-state index contributed by atoms with van der Waals surface area (Å²) < 4.78 is 0. The molecule has 1 rings (SSSR count). The lowest BCUT2D eigenvalue weighted by atomic mass is 10.0. The molecule has 0 aliphatic rings. The van der Waals surface area contributed by atoms with Crippen LogP contribution in [0.25, 0.3) is 0 Å². The van der Waals surface area contributed by atoms with E-state index in [1.54, 1.807) is 11.3 Å². The number of anilines is 1. The Morgan fingerprint density at radius 1 is 1.58 bits per heavy atom. The molecule has 0 atom stereocenters. The van der Waals surface area contributed by atoms with Gasteiger partial charge in [0.25, 0.3) is 0 Å². The molecule has 3 heteroatoms. The van der Waals surface area contributed by atoms with Crippen LogP contribution in [0.5, 0.6) is 0 Å². The van der Waals surface area contributed by atoms with Crippen molar-refractivity contribution in [1.29, 1.82) is 0 Å². The van der Waals surface area contributed by atoms with Gasteiger partial charge in [0.1, 0.15) is 0 Å². The summed E-state index contributed by atoms with van der Waals surface area (Å²) in [4.78, 5) is 0. The molecule has 3 N–H and O–H groups in total. The van der Waals surface area contributed by atoms with Crippen molar-refractivity contribution in [1.82, 2.24) is 0 Å². The third-order valence-corrected chi connectivity index (χ3v) is 2.30. The van der Waals surface area contributed by atoms with E-state index in [0.717, 1.165) is 13.0 Å². The third-order valence-electron chi connectivity index (χ3n) is 1.62. The Bertz CT molecular complexity index is 211. The highest BCUT2D eigenvalue weighted by Crippen LogP contribution is 2.12. The van der Waals surface area contributed by atoms with Gasteiger partial charge in [0, 0.05) is 23.2 Å². The average Bonchev–Trinajstić information content (AvgIpc) is 2.36. The van der Waals surface area contributed by atoms with Gasteiger partial charge in [-0.25, -0.2) is 0 Å². The topological polar surface area (TPSA) is 38.0 Å². The first kappa shape index (κ1) is 9.55. The van der Waals surface area contributed by atoms with Gasteiger partial charge in [0.15, 0.2) is 0 Å². The molecule has 0 radical (unpaired) electrons. The molecule has 2 nitrogen and oxygen atoms in total. The Labute approximate surface area is 77.8 Å². The van der Waals surface area contributed by atoms with Gasteiger partial charge in [-0.05, 0) is 31.7 Å². The second-order valence-electron chi connectivity index (χ2n) is 3.68. The van der Waals surface area contributed by atoms with E-state index in [1.807, 2.05) is 13.8 Å². The van der Waals surface area contributed by atoms with Crippen LogP contribution in [0.3, 0.4) is 0 Å². The molecule has 0 fully saturated rings. The molecule has 0 saturated carbocycles. The maximum Gasteiger partial charge on any atom is 0.0448 e. The number of nitrogens with two attached hydrogens (primary N) is 1. The van der Waals surface area contributed by atoms with Crippen LogP contribution in [0.2, 0.25) is 0 Å². The van der Waals surface area contributed by atoms with E-state index in [9.17, 15) is 0 Å². The van der Waals surface area contributed by atoms with Gasteiger partial charge in [0.05, 0.1) is 0 Å². The largest absolute Gasteiger partial charge is 0.384 e. The molecule has 0 unspecified atom stereocenters. The lowest BCUT2D eigenvalue weighted by Gasteiger charge is -2.18. The van der Waals surface area contributed by atoms with Crippen molar-refractivity contribution in [2.45, 2.75) is 25.8 Å². The highest BCUT2D eigenvalue weighted by molar-refractivity contribution is 7.08. The van der Waals surface area contributed by atoms with Crippen LogP contribution >= 0.6 is 11.3 Å². The van der Waals surface area contributed by atoms with Crippen molar-refractivity contribution >= 4 is 17.0 Å². The summed E-state index contributed by atoms with van der Waals surface area (Å²) in [6.07, 6.45) is 0.989. The van der Waals surface area contributed by atoms with E-state index < -0.39 is 0 Å². The summed E-state index contributed by atoms with van der Waals surface area (Å²) in [5.74, 6) is 0. The van der Waals surface area contributed by atoms with Crippen LogP contribution in [0.15, 0.2) is 16.8 Å². The maximum atomic E-state index is 5.84. The van der Waals surface area contributed by atoms with Crippen molar-refractivity contribution in [3.05, 3.63) is 16.8 Å². The second kappa shape index (κ2) is 3.92. The molecule has 0 aromatic carbocycles. The molecule has 0 aliphatic carbocycles. The van der Waals surface area contributed by atoms with E-state index >= 15 is 0 Å². The van der Waals surface area contributed by atoms with E-state index in [4.69, 9.17) is 5.73 Å². The Hall–Kier alpha value is -0.540. The van der Waals surface area contributed by atoms with Crippen LogP contribution in [0.4, 0.5) is 5.69 Å². The van der Waals surface area contributed by atoms with E-state index in [-0.39, 0.29) is 5.54 Å². The number of hydrogen-bond acceptors (Lipinski definition) is 3. The molecular formula is C9H16N2S. The van der Waals surface area contributed by atoms with Crippen LogP contribution in [-0.2, 0) is 0 Å². The molecule has 1 aromatic heterocycles. The molecular weight excluding hydrogens is 168 g/mol. The average molecular weight is 184 g/mol. The lowest BCUT2D eigenvalue weighted by molar-refractivity contribution is 0.491. The lowest BCUT2D eigenvalue weighted by Crippen LogP contribution is -2.34. The normalized spacial score (nSPS) is 11.6. The first-order chi connectivity index (χ1) is 5.58. The van der Waals surface area contributed by atoms with E-state index in [2.05, 4.69) is 22.1 Å². The van der Waals surface area contributed by atoms with Crippen molar-refractivity contribution in [2.24, 2.45) is 5.73 Å². The zero-order valence-electron chi connectivity index (χ0n) is 7.63. The smallest absolute Gasteiger partial charge is 0.0448 e. The van der Waals surface area contributed by atoms with Crippen molar-refractivity contribution < 1.29 is 0 Å². The first-order valence-electron chi connectivity index (χ1n) is 4.13. The summed E-state index contributed by atoms with van der Waals surface area (Å²) in [5.41, 5.74) is 6.97. The SMILES string of the molecule is CC(C)(N)CCNc1ccsc1. The van der Waals surface area contributed by atoms with Crippen molar-refractivity contribution in [3.63, 3.8) is 0 Å². The van der Waals surface area contributed by atoms with Gasteiger partial charge in [-0.2, -0.15) is 11.3 Å². The Morgan fingerprint density at radius 3 is 2.83 bits per heavy atom. The Morgan fingerprint density at radius 2 is 2.33 bits per heavy atom. The van der Waals surface area contributed by atoms with E-state index in [1.165, 1.54) is 5.69 Å². The van der Waals surface area contributed by atoms with Gasteiger partial charge in [-0.3, -0.25) is 0 Å².